The summed E-state index contributed by atoms with van der Waals surface area (Å²) in [6, 6.07) is 5.47. The molecule has 3 nitrogen and oxygen atoms in total. The Balaban J connectivity index is 2.95. The maximum absolute atomic E-state index is 13.2. The minimum absolute atomic E-state index is 0.140. The van der Waals surface area contributed by atoms with Gasteiger partial charge in [0.05, 0.1) is 5.56 Å². The summed E-state index contributed by atoms with van der Waals surface area (Å²) in [7, 11) is 1.26. The molecule has 0 aliphatic heterocycles. The van der Waals surface area contributed by atoms with E-state index in [1.54, 1.807) is 0 Å². The average molecular weight is 230 g/mol. The minimum Gasteiger partial charge on any atom is -0.281 e. The van der Waals surface area contributed by atoms with E-state index in [2.05, 4.69) is 0 Å². The molecule has 0 fully saturated rings. The number of halogens is 2. The van der Waals surface area contributed by atoms with Gasteiger partial charge in [0.2, 0.25) is 5.91 Å². The van der Waals surface area contributed by atoms with Crippen LogP contribution in [-0.2, 0) is 4.79 Å². The van der Waals surface area contributed by atoms with Crippen molar-refractivity contribution < 1.29 is 14.0 Å². The van der Waals surface area contributed by atoms with E-state index in [1.807, 2.05) is 0 Å². The Morgan fingerprint density at radius 2 is 2.00 bits per heavy atom. The van der Waals surface area contributed by atoms with Gasteiger partial charge < -0.3 is 0 Å². The van der Waals surface area contributed by atoms with Crippen molar-refractivity contribution in [2.45, 2.75) is 0 Å². The van der Waals surface area contributed by atoms with Gasteiger partial charge in [0.1, 0.15) is 11.7 Å². The van der Waals surface area contributed by atoms with E-state index in [9.17, 15) is 14.0 Å². The Hall–Kier alpha value is -1.42. The summed E-state index contributed by atoms with van der Waals surface area (Å²) in [6.07, 6.45) is 0. The molecule has 0 heterocycles. The number of hydrogen-bond donors (Lipinski definition) is 0. The zero-order valence-corrected chi connectivity index (χ0v) is 8.79. The first-order valence-corrected chi connectivity index (χ1v) is 4.72. The number of benzene rings is 1. The molecule has 1 rings (SSSR count). The first-order valence-electron chi connectivity index (χ1n) is 4.19. The van der Waals surface area contributed by atoms with Crippen molar-refractivity contribution in [1.29, 1.82) is 0 Å². The maximum atomic E-state index is 13.2. The van der Waals surface area contributed by atoms with E-state index in [4.69, 9.17) is 11.6 Å². The van der Waals surface area contributed by atoms with Crippen LogP contribution >= 0.6 is 11.6 Å². The van der Waals surface area contributed by atoms with Gasteiger partial charge in [-0.3, -0.25) is 14.5 Å². The third kappa shape index (κ3) is 2.53. The van der Waals surface area contributed by atoms with Crippen molar-refractivity contribution in [3.05, 3.63) is 35.6 Å². The van der Waals surface area contributed by atoms with Gasteiger partial charge in [0.25, 0.3) is 5.91 Å². The van der Waals surface area contributed by atoms with Crippen LogP contribution in [0.4, 0.5) is 4.39 Å². The molecule has 2 amide bonds. The van der Waals surface area contributed by atoms with Crippen LogP contribution in [0.25, 0.3) is 0 Å². The summed E-state index contributed by atoms with van der Waals surface area (Å²) in [5.41, 5.74) is -0.140. The van der Waals surface area contributed by atoms with Gasteiger partial charge >= 0.3 is 0 Å². The number of carbonyl (C=O) groups excluding carboxylic acids is 2. The number of rotatable bonds is 2. The Morgan fingerprint density at radius 3 is 2.53 bits per heavy atom. The lowest BCUT2D eigenvalue weighted by atomic mass is 10.2. The number of nitrogens with zero attached hydrogens (tertiary/aromatic N) is 1. The third-order valence-corrected chi connectivity index (χ3v) is 2.13. The van der Waals surface area contributed by atoms with Crippen molar-refractivity contribution in [3.63, 3.8) is 0 Å². The topological polar surface area (TPSA) is 37.4 Å². The highest BCUT2D eigenvalue weighted by Gasteiger charge is 2.19. The molecule has 0 saturated carbocycles. The SMILES string of the molecule is CN(C(=O)CCl)C(=O)c1ccccc1F. The quantitative estimate of drug-likeness (QED) is 0.724. The van der Waals surface area contributed by atoms with Gasteiger partial charge in [0, 0.05) is 7.05 Å². The number of carbonyl (C=O) groups is 2. The van der Waals surface area contributed by atoms with Crippen LogP contribution in [0.2, 0.25) is 0 Å². The van der Waals surface area contributed by atoms with Gasteiger partial charge in [-0.2, -0.15) is 0 Å². The smallest absolute Gasteiger partial charge is 0.263 e. The fourth-order valence-electron chi connectivity index (χ4n) is 1.02. The zero-order valence-electron chi connectivity index (χ0n) is 8.04. The number of imide groups is 1. The molecule has 0 aliphatic rings. The van der Waals surface area contributed by atoms with Crippen molar-refractivity contribution >= 4 is 23.4 Å². The maximum Gasteiger partial charge on any atom is 0.263 e. The summed E-state index contributed by atoms with van der Waals surface area (Å²) < 4.78 is 13.2. The molecule has 0 spiro atoms. The van der Waals surface area contributed by atoms with Crippen molar-refractivity contribution in [2.24, 2.45) is 0 Å². The standard InChI is InChI=1S/C10H9ClFNO2/c1-13(9(14)6-11)10(15)7-4-2-3-5-8(7)12/h2-5H,6H2,1H3. The fraction of sp³-hybridized carbons (Fsp3) is 0.200. The van der Waals surface area contributed by atoms with E-state index in [-0.39, 0.29) is 11.4 Å². The molecule has 0 radical (unpaired) electrons. The second-order valence-electron chi connectivity index (χ2n) is 2.87. The molecule has 0 atom stereocenters. The van der Waals surface area contributed by atoms with Gasteiger partial charge in [-0.15, -0.1) is 11.6 Å². The third-order valence-electron chi connectivity index (χ3n) is 1.90. The minimum atomic E-state index is -0.696. The monoisotopic (exact) mass is 229 g/mol. The second-order valence-corrected chi connectivity index (χ2v) is 3.14. The summed E-state index contributed by atoms with van der Waals surface area (Å²) in [6.45, 7) is 0. The van der Waals surface area contributed by atoms with Gasteiger partial charge in [-0.05, 0) is 12.1 Å². The van der Waals surface area contributed by atoms with Crippen LogP contribution < -0.4 is 0 Å². The Morgan fingerprint density at radius 1 is 1.40 bits per heavy atom. The molecule has 0 unspecified atom stereocenters. The van der Waals surface area contributed by atoms with E-state index < -0.39 is 17.6 Å². The first-order chi connectivity index (χ1) is 7.07. The van der Waals surface area contributed by atoms with Crippen LogP contribution in [0.5, 0.6) is 0 Å². The van der Waals surface area contributed by atoms with E-state index >= 15 is 0 Å². The molecule has 15 heavy (non-hydrogen) atoms. The van der Waals surface area contributed by atoms with Crippen LogP contribution in [0, 0.1) is 5.82 Å². The summed E-state index contributed by atoms with van der Waals surface area (Å²) in [5, 5.41) is 0. The fourth-order valence-corrected chi connectivity index (χ4v) is 1.20. The molecule has 0 bridgehead atoms. The highest BCUT2D eigenvalue weighted by atomic mass is 35.5. The molecule has 1 aromatic rings. The van der Waals surface area contributed by atoms with Crippen LogP contribution in [0.15, 0.2) is 24.3 Å². The number of alkyl halides is 1. The predicted molar refractivity (Wildman–Crippen MR) is 54.2 cm³/mol. The normalized spacial score (nSPS) is 9.80. The summed E-state index contributed by atoms with van der Waals surface area (Å²) >= 11 is 5.28. The van der Waals surface area contributed by atoms with E-state index in [0.717, 1.165) is 11.0 Å². The molecule has 1 aromatic carbocycles. The molecule has 80 valence electrons. The van der Waals surface area contributed by atoms with Crippen molar-refractivity contribution in [3.8, 4) is 0 Å². The van der Waals surface area contributed by atoms with Crippen LogP contribution in [0.1, 0.15) is 10.4 Å². The lowest BCUT2D eigenvalue weighted by molar-refractivity contribution is -0.124. The van der Waals surface area contributed by atoms with Gasteiger partial charge in [-0.1, -0.05) is 12.1 Å². The molecule has 0 aromatic heterocycles. The lowest BCUT2D eigenvalue weighted by Crippen LogP contribution is -2.34. The van der Waals surface area contributed by atoms with E-state index in [0.29, 0.717) is 0 Å². The summed E-state index contributed by atoms with van der Waals surface area (Å²) in [5.74, 6) is -2.23. The highest BCUT2D eigenvalue weighted by molar-refractivity contribution is 6.28. The predicted octanol–water partition coefficient (Wildman–Crippen LogP) is 1.66. The Bertz CT molecular complexity index is 395. The number of hydrogen-bond acceptors (Lipinski definition) is 2. The molecule has 5 heteroatoms. The van der Waals surface area contributed by atoms with Crippen LogP contribution in [0.3, 0.4) is 0 Å². The van der Waals surface area contributed by atoms with Crippen molar-refractivity contribution in [2.75, 3.05) is 12.9 Å². The van der Waals surface area contributed by atoms with Crippen molar-refractivity contribution in [1.82, 2.24) is 4.90 Å². The number of amides is 2. The van der Waals surface area contributed by atoms with Crippen LogP contribution in [-0.4, -0.2) is 29.6 Å². The summed E-state index contributed by atoms with van der Waals surface area (Å²) in [4.78, 5) is 23.5. The largest absolute Gasteiger partial charge is 0.281 e. The lowest BCUT2D eigenvalue weighted by Gasteiger charge is -2.13. The Kier molecular flexibility index (Phi) is 3.80. The second kappa shape index (κ2) is 4.89. The molecule has 0 aliphatic carbocycles. The first kappa shape index (κ1) is 11.7. The van der Waals surface area contributed by atoms with Gasteiger partial charge in [0.15, 0.2) is 0 Å². The molecular formula is C10H9ClFNO2. The van der Waals surface area contributed by atoms with Gasteiger partial charge in [-0.25, -0.2) is 4.39 Å². The molecular weight excluding hydrogens is 221 g/mol. The Labute approximate surface area is 91.4 Å². The average Bonchev–Trinajstić information content (AvgIpc) is 2.26. The zero-order chi connectivity index (χ0) is 11.4. The molecule has 0 saturated heterocycles. The van der Waals surface area contributed by atoms with E-state index in [1.165, 1.54) is 25.2 Å². The molecule has 0 N–H and O–H groups in total. The highest BCUT2D eigenvalue weighted by Crippen LogP contribution is 2.09.